The van der Waals surface area contributed by atoms with Gasteiger partial charge in [-0.1, -0.05) is 64.0 Å². The molecular weight excluding hydrogens is 370 g/mol. The largest absolute Gasteiger partial charge is 0.376 e. The number of hydrogen-bond acceptors (Lipinski definition) is 2. The molecule has 1 N–H and O–H groups in total. The zero-order valence-electron chi connectivity index (χ0n) is 20.3. The predicted molar refractivity (Wildman–Crippen MR) is 134 cm³/mol. The highest BCUT2D eigenvalue weighted by atomic mass is 16.5. The fraction of sp³-hybridized carbons (Fsp3) is 0.538. The van der Waals surface area contributed by atoms with E-state index >= 15 is 0 Å². The number of allylic oxidation sites excluding steroid dienone is 3. The summed E-state index contributed by atoms with van der Waals surface area (Å²) in [5.74, 6) is 1.23. The van der Waals surface area contributed by atoms with Gasteiger partial charge in [0, 0.05) is 18.0 Å². The standard InChI is InChI=1S/C22H35N3O.C4H8/c1-7-9-10-19(8-2)15-26-16-20-11-13-21(14-12-20)25-22(23-17(3)4)24-18(5)6;1-3-4-2/h11-14,19H,3,7-10,15-16H2,1-2,4-6H3,(H,23,25);3-4H,1-2H3/b;4-3-. The number of rotatable bonds is 10. The van der Waals surface area contributed by atoms with E-state index in [-0.39, 0.29) is 0 Å². The molecule has 0 spiro atoms. The summed E-state index contributed by atoms with van der Waals surface area (Å²) in [5.41, 5.74) is 3.78. The van der Waals surface area contributed by atoms with Crippen LogP contribution >= 0.6 is 0 Å². The zero-order valence-corrected chi connectivity index (χ0v) is 20.3. The molecule has 0 aliphatic heterocycles. The first kappa shape index (κ1) is 27.8. The number of hydrogen-bond donors (Lipinski definition) is 1. The van der Waals surface area contributed by atoms with Gasteiger partial charge in [0.05, 0.1) is 12.3 Å². The Hall–Kier alpha value is -2.20. The molecule has 0 aliphatic rings. The highest BCUT2D eigenvalue weighted by molar-refractivity contribution is 5.96. The molecule has 1 aromatic rings. The highest BCUT2D eigenvalue weighted by Gasteiger charge is 2.06. The maximum Gasteiger partial charge on any atom is 0.227 e. The second kappa shape index (κ2) is 17.6. The van der Waals surface area contributed by atoms with Crippen molar-refractivity contribution in [2.24, 2.45) is 15.9 Å². The predicted octanol–water partition coefficient (Wildman–Crippen LogP) is 7.59. The van der Waals surface area contributed by atoms with Crippen LogP contribution in [0, 0.1) is 5.92 Å². The van der Waals surface area contributed by atoms with E-state index in [2.05, 4.69) is 47.9 Å². The number of aliphatic imine (C=N–C) groups is 2. The van der Waals surface area contributed by atoms with Crippen LogP contribution in [0.15, 0.2) is 58.7 Å². The maximum absolute atomic E-state index is 5.91. The van der Waals surface area contributed by atoms with Gasteiger partial charge >= 0.3 is 0 Å². The van der Waals surface area contributed by atoms with Crippen molar-refractivity contribution in [1.82, 2.24) is 5.32 Å². The fourth-order valence-corrected chi connectivity index (χ4v) is 2.51. The number of benzene rings is 1. The Morgan fingerprint density at radius 3 is 2.20 bits per heavy atom. The van der Waals surface area contributed by atoms with Crippen LogP contribution in [0.2, 0.25) is 0 Å². The molecule has 0 radical (unpaired) electrons. The van der Waals surface area contributed by atoms with Crippen LogP contribution in [-0.2, 0) is 11.3 Å². The lowest BCUT2D eigenvalue weighted by Crippen LogP contribution is -2.19. The Morgan fingerprint density at radius 1 is 1.10 bits per heavy atom. The molecule has 0 bridgehead atoms. The van der Waals surface area contributed by atoms with Gasteiger partial charge in [0.1, 0.15) is 0 Å². The third-order valence-electron chi connectivity index (χ3n) is 4.32. The van der Waals surface area contributed by atoms with Gasteiger partial charge in [-0.25, -0.2) is 9.98 Å². The fourth-order valence-electron chi connectivity index (χ4n) is 2.51. The molecule has 0 heterocycles. The maximum atomic E-state index is 5.91. The lowest BCUT2D eigenvalue weighted by molar-refractivity contribution is 0.0820. The van der Waals surface area contributed by atoms with E-state index in [9.17, 15) is 0 Å². The van der Waals surface area contributed by atoms with Crippen LogP contribution in [0.1, 0.15) is 79.7 Å². The van der Waals surface area contributed by atoms with Crippen molar-refractivity contribution in [3.63, 3.8) is 0 Å². The van der Waals surface area contributed by atoms with Gasteiger partial charge in [0.15, 0.2) is 0 Å². The summed E-state index contributed by atoms with van der Waals surface area (Å²) in [5, 5.41) is 3.09. The minimum Gasteiger partial charge on any atom is -0.376 e. The van der Waals surface area contributed by atoms with E-state index in [0.717, 1.165) is 23.7 Å². The molecule has 1 rings (SSSR count). The van der Waals surface area contributed by atoms with Crippen molar-refractivity contribution in [2.75, 3.05) is 6.61 Å². The topological polar surface area (TPSA) is 46.0 Å². The summed E-state index contributed by atoms with van der Waals surface area (Å²) >= 11 is 0. The van der Waals surface area contributed by atoms with Crippen molar-refractivity contribution >= 4 is 17.4 Å². The molecule has 0 saturated heterocycles. The first-order valence-electron chi connectivity index (χ1n) is 11.1. The average molecular weight is 414 g/mol. The van der Waals surface area contributed by atoms with Crippen LogP contribution in [0.5, 0.6) is 0 Å². The van der Waals surface area contributed by atoms with E-state index in [4.69, 9.17) is 4.74 Å². The molecule has 0 fully saturated rings. The summed E-state index contributed by atoms with van der Waals surface area (Å²) in [7, 11) is 0. The quantitative estimate of drug-likeness (QED) is 0.244. The Labute approximate surface area is 185 Å². The first-order valence-corrected chi connectivity index (χ1v) is 11.1. The van der Waals surface area contributed by atoms with Crippen LogP contribution in [-0.4, -0.2) is 18.3 Å². The molecule has 0 amide bonds. The molecule has 0 aromatic heterocycles. The average Bonchev–Trinajstić information content (AvgIpc) is 2.71. The molecule has 168 valence electrons. The Bertz CT molecular complexity index is 664. The minimum atomic E-state index is 0.559. The Balaban J connectivity index is 0.00000192. The number of nitrogens with zero attached hydrogens (tertiary/aromatic N) is 2. The van der Waals surface area contributed by atoms with E-state index in [1.54, 1.807) is 0 Å². The SMILES string of the molecule is C/C=C\C.C=C(C)NC(N=C(C)C)=Nc1ccc(COCC(CC)CCCC)cc1. The third-order valence-corrected chi connectivity index (χ3v) is 4.32. The smallest absolute Gasteiger partial charge is 0.227 e. The van der Waals surface area contributed by atoms with E-state index in [0.29, 0.717) is 18.5 Å². The normalized spacial score (nSPS) is 12.2. The van der Waals surface area contributed by atoms with Crippen LogP contribution < -0.4 is 5.32 Å². The zero-order chi connectivity index (χ0) is 22.8. The van der Waals surface area contributed by atoms with Crippen molar-refractivity contribution in [3.8, 4) is 0 Å². The van der Waals surface area contributed by atoms with Gasteiger partial charge in [-0.3, -0.25) is 0 Å². The van der Waals surface area contributed by atoms with Gasteiger partial charge < -0.3 is 10.1 Å². The van der Waals surface area contributed by atoms with Crippen LogP contribution in [0.25, 0.3) is 0 Å². The second-order valence-corrected chi connectivity index (χ2v) is 7.66. The number of nitrogens with one attached hydrogen (secondary N) is 1. The minimum absolute atomic E-state index is 0.559. The van der Waals surface area contributed by atoms with E-state index in [1.807, 2.05) is 58.9 Å². The van der Waals surface area contributed by atoms with Gasteiger partial charge in [-0.2, -0.15) is 0 Å². The molecule has 1 aromatic carbocycles. The molecule has 30 heavy (non-hydrogen) atoms. The van der Waals surface area contributed by atoms with Crippen molar-refractivity contribution in [2.45, 2.75) is 80.8 Å². The summed E-state index contributed by atoms with van der Waals surface area (Å²) < 4.78 is 5.91. The van der Waals surface area contributed by atoms with E-state index < -0.39 is 0 Å². The van der Waals surface area contributed by atoms with Gasteiger partial charge in [-0.05, 0) is 64.7 Å². The second-order valence-electron chi connectivity index (χ2n) is 7.66. The summed E-state index contributed by atoms with van der Waals surface area (Å²) in [6, 6.07) is 8.11. The lowest BCUT2D eigenvalue weighted by atomic mass is 10.0. The Kier molecular flexibility index (Phi) is 16.3. The summed E-state index contributed by atoms with van der Waals surface area (Å²) in [6.07, 6.45) is 8.98. The van der Waals surface area contributed by atoms with Gasteiger partial charge in [0.25, 0.3) is 0 Å². The molecular formula is C26H43N3O. The van der Waals surface area contributed by atoms with Crippen molar-refractivity contribution in [3.05, 3.63) is 54.3 Å². The summed E-state index contributed by atoms with van der Waals surface area (Å²) in [4.78, 5) is 8.96. The van der Waals surface area contributed by atoms with Crippen molar-refractivity contribution < 1.29 is 4.74 Å². The van der Waals surface area contributed by atoms with Crippen molar-refractivity contribution in [1.29, 1.82) is 0 Å². The number of guanidine groups is 1. The lowest BCUT2D eigenvalue weighted by Gasteiger charge is -2.14. The van der Waals surface area contributed by atoms with E-state index in [1.165, 1.54) is 31.2 Å². The molecule has 4 nitrogen and oxygen atoms in total. The van der Waals surface area contributed by atoms with Crippen LogP contribution in [0.4, 0.5) is 5.69 Å². The van der Waals surface area contributed by atoms with Crippen LogP contribution in [0.3, 0.4) is 0 Å². The number of ether oxygens (including phenoxy) is 1. The van der Waals surface area contributed by atoms with Gasteiger partial charge in [0.2, 0.25) is 5.96 Å². The summed E-state index contributed by atoms with van der Waals surface area (Å²) in [6.45, 7) is 19.6. The van der Waals surface area contributed by atoms with Gasteiger partial charge in [-0.15, -0.1) is 0 Å². The number of unbranched alkanes of at least 4 members (excludes halogenated alkanes) is 1. The third kappa shape index (κ3) is 14.7. The molecule has 1 atom stereocenters. The highest BCUT2D eigenvalue weighted by Crippen LogP contribution is 2.16. The molecule has 0 saturated carbocycles. The monoisotopic (exact) mass is 413 g/mol. The molecule has 4 heteroatoms. The first-order chi connectivity index (χ1) is 14.4. The molecule has 1 unspecified atom stereocenters. The molecule has 0 aliphatic carbocycles. The Morgan fingerprint density at radius 2 is 1.73 bits per heavy atom.